The third kappa shape index (κ3) is 4.48. The van der Waals surface area contributed by atoms with Crippen LogP contribution >= 0.6 is 0 Å². The van der Waals surface area contributed by atoms with Gasteiger partial charge in [0.2, 0.25) is 5.75 Å². The van der Waals surface area contributed by atoms with Crippen LogP contribution in [-0.2, 0) is 0 Å². The van der Waals surface area contributed by atoms with E-state index in [0.717, 1.165) is 0 Å². The van der Waals surface area contributed by atoms with Crippen LogP contribution in [0.25, 0.3) is 0 Å². The second-order valence-electron chi connectivity index (χ2n) is 6.42. The molecule has 148 valence electrons. The molecule has 0 fully saturated rings. The SMILES string of the molecule is N#Cc1cc(Oc2ccccc2)c(Oc2ccccc2)c(Oc2ccccc2)c1C#N. The van der Waals surface area contributed by atoms with E-state index in [9.17, 15) is 10.5 Å². The van der Waals surface area contributed by atoms with Crippen LogP contribution in [0.15, 0.2) is 97.1 Å². The van der Waals surface area contributed by atoms with Gasteiger partial charge in [0.15, 0.2) is 11.5 Å². The Labute approximate surface area is 179 Å². The van der Waals surface area contributed by atoms with Crippen LogP contribution < -0.4 is 14.2 Å². The molecule has 0 aliphatic carbocycles. The van der Waals surface area contributed by atoms with Gasteiger partial charge in [0.25, 0.3) is 0 Å². The highest BCUT2D eigenvalue weighted by atomic mass is 16.5. The number of ether oxygens (including phenoxy) is 3. The van der Waals surface area contributed by atoms with Gasteiger partial charge in [-0.3, -0.25) is 0 Å². The van der Waals surface area contributed by atoms with Crippen molar-refractivity contribution in [2.75, 3.05) is 0 Å². The average molecular weight is 404 g/mol. The first-order valence-electron chi connectivity index (χ1n) is 9.48. The number of hydrogen-bond donors (Lipinski definition) is 0. The van der Waals surface area contributed by atoms with E-state index in [-0.39, 0.29) is 28.4 Å². The minimum Gasteiger partial charge on any atom is -0.453 e. The number of hydrogen-bond acceptors (Lipinski definition) is 5. The van der Waals surface area contributed by atoms with Crippen LogP contribution in [0.4, 0.5) is 0 Å². The Hall–Kier alpha value is -4.74. The second-order valence-corrected chi connectivity index (χ2v) is 6.42. The van der Waals surface area contributed by atoms with Crippen LogP contribution in [0, 0.1) is 22.7 Å². The summed E-state index contributed by atoms with van der Waals surface area (Å²) in [6, 6.07) is 32.8. The molecular weight excluding hydrogens is 388 g/mol. The molecule has 4 aromatic rings. The highest BCUT2D eigenvalue weighted by Crippen LogP contribution is 2.47. The Kier molecular flexibility index (Phi) is 5.79. The van der Waals surface area contributed by atoms with Crippen LogP contribution in [-0.4, -0.2) is 0 Å². The van der Waals surface area contributed by atoms with Gasteiger partial charge in [-0.15, -0.1) is 0 Å². The molecule has 0 saturated carbocycles. The Morgan fingerprint density at radius 3 is 1.42 bits per heavy atom. The summed E-state index contributed by atoms with van der Waals surface area (Å²) in [5.41, 5.74) is 0.192. The first-order valence-corrected chi connectivity index (χ1v) is 9.48. The lowest BCUT2D eigenvalue weighted by molar-refractivity contribution is 0.385. The largest absolute Gasteiger partial charge is 0.453 e. The monoisotopic (exact) mass is 404 g/mol. The molecule has 31 heavy (non-hydrogen) atoms. The summed E-state index contributed by atoms with van der Waals surface area (Å²) in [6.07, 6.45) is 0. The van der Waals surface area contributed by atoms with Crippen molar-refractivity contribution in [2.24, 2.45) is 0 Å². The maximum Gasteiger partial charge on any atom is 0.213 e. The summed E-state index contributed by atoms with van der Waals surface area (Å²) in [6.45, 7) is 0. The predicted molar refractivity (Wildman–Crippen MR) is 115 cm³/mol. The smallest absolute Gasteiger partial charge is 0.213 e. The lowest BCUT2D eigenvalue weighted by atomic mass is 10.1. The van der Waals surface area contributed by atoms with E-state index < -0.39 is 0 Å². The predicted octanol–water partition coefficient (Wildman–Crippen LogP) is 6.81. The lowest BCUT2D eigenvalue weighted by Crippen LogP contribution is -1.99. The first kappa shape index (κ1) is 19.6. The number of rotatable bonds is 6. The molecule has 0 aliphatic rings. The average Bonchev–Trinajstić information content (AvgIpc) is 2.83. The van der Waals surface area contributed by atoms with E-state index in [4.69, 9.17) is 14.2 Å². The third-order valence-corrected chi connectivity index (χ3v) is 4.33. The zero-order chi connectivity index (χ0) is 21.5. The molecule has 0 atom stereocenters. The number of nitrogens with zero attached hydrogens (tertiary/aromatic N) is 2. The quantitative estimate of drug-likeness (QED) is 0.353. The Balaban J connectivity index is 1.91. The third-order valence-electron chi connectivity index (χ3n) is 4.33. The molecule has 5 nitrogen and oxygen atoms in total. The van der Waals surface area contributed by atoms with Gasteiger partial charge in [0, 0.05) is 6.07 Å². The number of para-hydroxylation sites is 3. The Morgan fingerprint density at radius 2 is 0.968 bits per heavy atom. The van der Waals surface area contributed by atoms with Crippen LogP contribution in [0.5, 0.6) is 34.5 Å². The van der Waals surface area contributed by atoms with Gasteiger partial charge < -0.3 is 14.2 Å². The minimum atomic E-state index is 0.0673. The summed E-state index contributed by atoms with van der Waals surface area (Å²) in [5.74, 6) is 2.16. The van der Waals surface area contributed by atoms with Crippen molar-refractivity contribution in [2.45, 2.75) is 0 Å². The van der Waals surface area contributed by atoms with E-state index in [1.165, 1.54) is 6.07 Å². The zero-order valence-electron chi connectivity index (χ0n) is 16.4. The standard InChI is InChI=1S/C26H16N2O3/c27-17-19-16-24(29-20-10-4-1-5-11-20)26(31-22-14-8-3-9-15-22)25(23(19)18-28)30-21-12-6-2-7-13-21/h1-16H. The Morgan fingerprint density at radius 1 is 0.516 bits per heavy atom. The summed E-state index contributed by atoms with van der Waals surface area (Å²) in [7, 11) is 0. The molecule has 0 N–H and O–H groups in total. The van der Waals surface area contributed by atoms with E-state index in [1.54, 1.807) is 36.4 Å². The van der Waals surface area contributed by atoms with E-state index >= 15 is 0 Å². The fourth-order valence-electron chi connectivity index (χ4n) is 2.91. The van der Waals surface area contributed by atoms with Crippen LogP contribution in [0.2, 0.25) is 0 Å². The fourth-order valence-corrected chi connectivity index (χ4v) is 2.91. The molecule has 5 heteroatoms. The minimum absolute atomic E-state index is 0.0673. The molecule has 0 amide bonds. The van der Waals surface area contributed by atoms with Gasteiger partial charge in [-0.05, 0) is 36.4 Å². The molecule has 0 aliphatic heterocycles. The number of nitriles is 2. The van der Waals surface area contributed by atoms with E-state index in [0.29, 0.717) is 17.2 Å². The highest BCUT2D eigenvalue weighted by Gasteiger charge is 2.24. The fraction of sp³-hybridized carbons (Fsp3) is 0. The molecule has 4 rings (SSSR count). The zero-order valence-corrected chi connectivity index (χ0v) is 16.4. The topological polar surface area (TPSA) is 75.3 Å². The van der Waals surface area contributed by atoms with Crippen molar-refractivity contribution in [3.8, 4) is 46.6 Å². The van der Waals surface area contributed by atoms with Gasteiger partial charge in [-0.2, -0.15) is 10.5 Å². The van der Waals surface area contributed by atoms with Crippen molar-refractivity contribution in [3.05, 3.63) is 108 Å². The maximum absolute atomic E-state index is 9.80. The molecule has 0 spiro atoms. The normalized spacial score (nSPS) is 9.87. The van der Waals surface area contributed by atoms with Crippen molar-refractivity contribution >= 4 is 0 Å². The maximum atomic E-state index is 9.80. The molecule has 0 radical (unpaired) electrons. The Bertz CT molecular complexity index is 1260. The van der Waals surface area contributed by atoms with Gasteiger partial charge in [0.1, 0.15) is 35.0 Å². The van der Waals surface area contributed by atoms with Crippen molar-refractivity contribution in [1.29, 1.82) is 10.5 Å². The summed E-state index contributed by atoms with van der Waals surface area (Å²) < 4.78 is 18.2. The van der Waals surface area contributed by atoms with Crippen LogP contribution in [0.1, 0.15) is 11.1 Å². The molecule has 0 saturated heterocycles. The summed E-state index contributed by atoms with van der Waals surface area (Å²) >= 11 is 0. The first-order chi connectivity index (χ1) is 15.3. The summed E-state index contributed by atoms with van der Waals surface area (Å²) in [5, 5.41) is 19.5. The molecule has 0 unspecified atom stereocenters. The molecule has 0 aromatic heterocycles. The van der Waals surface area contributed by atoms with Crippen molar-refractivity contribution in [3.63, 3.8) is 0 Å². The van der Waals surface area contributed by atoms with Crippen molar-refractivity contribution in [1.82, 2.24) is 0 Å². The highest BCUT2D eigenvalue weighted by molar-refractivity contribution is 5.68. The summed E-state index contributed by atoms with van der Waals surface area (Å²) in [4.78, 5) is 0. The molecule has 0 heterocycles. The molecule has 4 aromatic carbocycles. The van der Waals surface area contributed by atoms with Crippen LogP contribution in [0.3, 0.4) is 0 Å². The van der Waals surface area contributed by atoms with Gasteiger partial charge in [-0.25, -0.2) is 0 Å². The number of benzene rings is 4. The lowest BCUT2D eigenvalue weighted by Gasteiger charge is -2.18. The van der Waals surface area contributed by atoms with E-state index in [2.05, 4.69) is 12.1 Å². The molecule has 0 bridgehead atoms. The second kappa shape index (κ2) is 9.17. The molecular formula is C26H16N2O3. The van der Waals surface area contributed by atoms with Gasteiger partial charge >= 0.3 is 0 Å². The van der Waals surface area contributed by atoms with Gasteiger partial charge in [-0.1, -0.05) is 54.6 Å². The van der Waals surface area contributed by atoms with Gasteiger partial charge in [0.05, 0.1) is 5.56 Å². The van der Waals surface area contributed by atoms with E-state index in [1.807, 2.05) is 54.6 Å². The van der Waals surface area contributed by atoms with Crippen molar-refractivity contribution < 1.29 is 14.2 Å².